The molecule has 3 fully saturated rings. The summed E-state index contributed by atoms with van der Waals surface area (Å²) in [5, 5.41) is 17.6. The molecule has 1 saturated carbocycles. The van der Waals surface area contributed by atoms with E-state index in [2.05, 4.69) is 16.8 Å². The lowest BCUT2D eigenvalue weighted by Crippen LogP contribution is -2.42. The number of fused-ring (bicyclic) bond motifs is 2. The molecule has 3 heterocycles. The van der Waals surface area contributed by atoms with Crippen LogP contribution in [0.2, 0.25) is 0 Å². The van der Waals surface area contributed by atoms with Gasteiger partial charge in [-0.1, -0.05) is 0 Å². The van der Waals surface area contributed by atoms with Gasteiger partial charge in [0, 0.05) is 25.1 Å². The van der Waals surface area contributed by atoms with E-state index in [1.165, 1.54) is 0 Å². The third kappa shape index (κ3) is 4.94. The number of hydrogen-bond acceptors (Lipinski definition) is 7. The Balaban J connectivity index is 0.000000775. The highest BCUT2D eigenvalue weighted by molar-refractivity contribution is 5.79. The molecule has 2 saturated heterocycles. The summed E-state index contributed by atoms with van der Waals surface area (Å²) in [5.74, 6) is 3.34. The molecule has 5 rings (SSSR count). The van der Waals surface area contributed by atoms with E-state index in [1.807, 2.05) is 18.2 Å². The van der Waals surface area contributed by atoms with Gasteiger partial charge in [0.05, 0.1) is 6.10 Å². The predicted molar refractivity (Wildman–Crippen MR) is 115 cm³/mol. The van der Waals surface area contributed by atoms with Crippen molar-refractivity contribution in [3.05, 3.63) is 18.2 Å². The van der Waals surface area contributed by atoms with Crippen LogP contribution in [0.25, 0.3) is 0 Å². The molecule has 9 nitrogen and oxygen atoms in total. The summed E-state index contributed by atoms with van der Waals surface area (Å²) in [5.41, 5.74) is 0. The number of rotatable bonds is 3. The van der Waals surface area contributed by atoms with E-state index < -0.39 is 6.10 Å². The minimum Gasteiger partial charge on any atom is -0.488 e. The predicted octanol–water partition coefficient (Wildman–Crippen LogP) is 1.43. The van der Waals surface area contributed by atoms with Crippen LogP contribution in [0.1, 0.15) is 25.7 Å². The SMILES string of the molecule is CN1CCC(C(=O)N2C[C@H]3C[C@@H](Oc4ccc5c(c4)OCO5)[C@H](O)C[C@H]3C2)CC1.O=CO. The molecule has 176 valence electrons. The summed E-state index contributed by atoms with van der Waals surface area (Å²) in [4.78, 5) is 25.7. The van der Waals surface area contributed by atoms with E-state index in [-0.39, 0.29) is 25.3 Å². The fourth-order valence-corrected chi connectivity index (χ4v) is 5.34. The first-order valence-electron chi connectivity index (χ1n) is 11.3. The summed E-state index contributed by atoms with van der Waals surface area (Å²) in [6.07, 6.45) is 2.61. The zero-order chi connectivity index (χ0) is 22.7. The molecule has 1 aliphatic carbocycles. The van der Waals surface area contributed by atoms with Gasteiger partial charge < -0.3 is 34.2 Å². The number of hydrogen-bond donors (Lipinski definition) is 2. The van der Waals surface area contributed by atoms with E-state index in [4.69, 9.17) is 24.1 Å². The van der Waals surface area contributed by atoms with Crippen LogP contribution in [0.15, 0.2) is 18.2 Å². The first-order chi connectivity index (χ1) is 15.5. The van der Waals surface area contributed by atoms with Crippen LogP contribution in [0.4, 0.5) is 0 Å². The second-order valence-corrected chi connectivity index (χ2v) is 9.16. The average Bonchev–Trinajstić information content (AvgIpc) is 3.41. The van der Waals surface area contributed by atoms with E-state index in [0.717, 1.165) is 51.2 Å². The Morgan fingerprint density at radius 1 is 1.12 bits per heavy atom. The van der Waals surface area contributed by atoms with Crippen LogP contribution in [-0.4, -0.2) is 84.6 Å². The van der Waals surface area contributed by atoms with Crippen LogP contribution in [0.3, 0.4) is 0 Å². The monoisotopic (exact) mass is 448 g/mol. The van der Waals surface area contributed by atoms with Crippen LogP contribution in [-0.2, 0) is 9.59 Å². The summed E-state index contributed by atoms with van der Waals surface area (Å²) in [6.45, 7) is 3.56. The van der Waals surface area contributed by atoms with E-state index in [1.54, 1.807) is 0 Å². The van der Waals surface area contributed by atoms with Crippen LogP contribution >= 0.6 is 0 Å². The highest BCUT2D eigenvalue weighted by Gasteiger charge is 2.45. The molecule has 4 atom stereocenters. The van der Waals surface area contributed by atoms with Gasteiger partial charge in [0.25, 0.3) is 6.47 Å². The van der Waals surface area contributed by atoms with Gasteiger partial charge >= 0.3 is 0 Å². The fourth-order valence-electron chi connectivity index (χ4n) is 5.34. The lowest BCUT2D eigenvalue weighted by molar-refractivity contribution is -0.136. The third-order valence-corrected chi connectivity index (χ3v) is 7.10. The number of piperidine rings is 1. The molecule has 0 aromatic heterocycles. The third-order valence-electron chi connectivity index (χ3n) is 7.10. The second kappa shape index (κ2) is 9.95. The van der Waals surface area contributed by atoms with Crippen molar-refractivity contribution >= 4 is 12.4 Å². The van der Waals surface area contributed by atoms with Crippen molar-refractivity contribution in [2.75, 3.05) is 40.0 Å². The molecule has 1 amide bonds. The highest BCUT2D eigenvalue weighted by Crippen LogP contribution is 2.40. The quantitative estimate of drug-likeness (QED) is 0.669. The number of nitrogens with zero attached hydrogens (tertiary/aromatic N) is 2. The Hall–Kier alpha value is -2.52. The zero-order valence-corrected chi connectivity index (χ0v) is 18.4. The molecular formula is C23H32N2O7. The van der Waals surface area contributed by atoms with Crippen molar-refractivity contribution < 1.29 is 34.0 Å². The molecule has 0 unspecified atom stereocenters. The van der Waals surface area contributed by atoms with Crippen molar-refractivity contribution in [3.8, 4) is 17.2 Å². The minimum atomic E-state index is -0.514. The molecule has 1 aromatic carbocycles. The Kier molecular flexibility index (Phi) is 7.05. The number of carboxylic acid groups (broad SMARTS) is 1. The number of carbonyl (C=O) groups excluding carboxylic acids is 1. The smallest absolute Gasteiger partial charge is 0.290 e. The summed E-state index contributed by atoms with van der Waals surface area (Å²) < 4.78 is 16.9. The fraction of sp³-hybridized carbons (Fsp3) is 0.652. The maximum absolute atomic E-state index is 13.0. The van der Waals surface area contributed by atoms with Gasteiger partial charge in [0.2, 0.25) is 12.7 Å². The van der Waals surface area contributed by atoms with Gasteiger partial charge in [-0.15, -0.1) is 0 Å². The van der Waals surface area contributed by atoms with Gasteiger partial charge in [-0.05, 0) is 69.8 Å². The van der Waals surface area contributed by atoms with Crippen LogP contribution in [0, 0.1) is 17.8 Å². The summed E-state index contributed by atoms with van der Waals surface area (Å²) >= 11 is 0. The van der Waals surface area contributed by atoms with Gasteiger partial charge in [0.15, 0.2) is 11.5 Å². The highest BCUT2D eigenvalue weighted by atomic mass is 16.7. The topological polar surface area (TPSA) is 109 Å². The Labute approximate surface area is 187 Å². The summed E-state index contributed by atoms with van der Waals surface area (Å²) in [7, 11) is 2.12. The normalized spacial score (nSPS) is 29.6. The van der Waals surface area contributed by atoms with Gasteiger partial charge in [-0.3, -0.25) is 9.59 Å². The van der Waals surface area contributed by atoms with Crippen molar-refractivity contribution in [1.29, 1.82) is 0 Å². The molecule has 3 aliphatic heterocycles. The van der Waals surface area contributed by atoms with Gasteiger partial charge in [-0.2, -0.15) is 0 Å². The number of aliphatic hydroxyl groups excluding tert-OH is 1. The van der Waals surface area contributed by atoms with Crippen molar-refractivity contribution in [2.24, 2.45) is 17.8 Å². The minimum absolute atomic E-state index is 0.164. The first-order valence-corrected chi connectivity index (χ1v) is 11.3. The molecule has 0 bridgehead atoms. The largest absolute Gasteiger partial charge is 0.488 e. The second-order valence-electron chi connectivity index (χ2n) is 9.16. The molecule has 2 N–H and O–H groups in total. The Bertz CT molecular complexity index is 812. The van der Waals surface area contributed by atoms with E-state index in [0.29, 0.717) is 35.7 Å². The molecular weight excluding hydrogens is 416 g/mol. The standard InChI is InChI=1S/C22H30N2O5.CH2O2/c1-23-6-4-14(5-7-23)22(26)24-11-15-8-18(25)20(9-16(15)12-24)29-17-2-3-19-21(10-17)28-13-27-19;2-1-3/h2-3,10,14-16,18,20,25H,4-9,11-13H2,1H3;1H,(H,2,3)/t15-,16+,18+,20+;/m0./s1. The lowest BCUT2D eigenvalue weighted by Gasteiger charge is -2.35. The number of amides is 1. The molecule has 4 aliphatic rings. The molecule has 0 radical (unpaired) electrons. The molecule has 9 heteroatoms. The van der Waals surface area contributed by atoms with Crippen LogP contribution < -0.4 is 14.2 Å². The first kappa shape index (κ1) is 22.7. The number of likely N-dealkylation sites (tertiary alicyclic amines) is 2. The van der Waals surface area contributed by atoms with Gasteiger partial charge in [-0.25, -0.2) is 0 Å². The van der Waals surface area contributed by atoms with Crippen molar-refractivity contribution in [3.63, 3.8) is 0 Å². The molecule has 32 heavy (non-hydrogen) atoms. The van der Waals surface area contributed by atoms with E-state index >= 15 is 0 Å². The van der Waals surface area contributed by atoms with Crippen molar-refractivity contribution in [1.82, 2.24) is 9.80 Å². The van der Waals surface area contributed by atoms with E-state index in [9.17, 15) is 9.90 Å². The van der Waals surface area contributed by atoms with Crippen LogP contribution in [0.5, 0.6) is 17.2 Å². The Morgan fingerprint density at radius 2 is 1.78 bits per heavy atom. The number of aliphatic hydroxyl groups is 1. The summed E-state index contributed by atoms with van der Waals surface area (Å²) in [6, 6.07) is 5.52. The lowest BCUT2D eigenvalue weighted by atomic mass is 9.78. The maximum atomic E-state index is 13.0. The maximum Gasteiger partial charge on any atom is 0.290 e. The van der Waals surface area contributed by atoms with Crippen molar-refractivity contribution in [2.45, 2.75) is 37.9 Å². The number of benzene rings is 1. The Morgan fingerprint density at radius 3 is 2.50 bits per heavy atom. The van der Waals surface area contributed by atoms with Gasteiger partial charge in [0.1, 0.15) is 11.9 Å². The average molecular weight is 449 g/mol. The molecule has 0 spiro atoms. The number of ether oxygens (including phenoxy) is 3. The number of carbonyl (C=O) groups is 2. The zero-order valence-electron chi connectivity index (χ0n) is 18.4. The molecule has 1 aromatic rings.